The molecule has 0 saturated carbocycles. The Morgan fingerprint density at radius 3 is 3.15 bits per heavy atom. The number of H-pyrrole nitrogens is 1. The van der Waals surface area contributed by atoms with Gasteiger partial charge in [-0.05, 0) is 18.6 Å². The fraction of sp³-hybridized carbons (Fsp3) is 0.429. The minimum Gasteiger partial charge on any atom is -0.383 e. The van der Waals surface area contributed by atoms with Gasteiger partial charge in [-0.2, -0.15) is 5.10 Å². The molecule has 0 aromatic carbocycles. The normalized spacial score (nSPS) is 10.7. The first-order valence-corrected chi connectivity index (χ1v) is 6.74. The lowest BCUT2D eigenvalue weighted by Gasteiger charge is -2.07. The zero-order valence-electron chi connectivity index (χ0n) is 11.8. The summed E-state index contributed by atoms with van der Waals surface area (Å²) in [6, 6.07) is 5.49. The van der Waals surface area contributed by atoms with Gasteiger partial charge >= 0.3 is 0 Å². The van der Waals surface area contributed by atoms with E-state index >= 15 is 0 Å². The summed E-state index contributed by atoms with van der Waals surface area (Å²) in [5.41, 5.74) is 1.62. The van der Waals surface area contributed by atoms with E-state index in [9.17, 15) is 4.79 Å². The lowest BCUT2D eigenvalue weighted by Crippen LogP contribution is -2.18. The highest BCUT2D eigenvalue weighted by Gasteiger charge is 2.12. The zero-order chi connectivity index (χ0) is 14.4. The van der Waals surface area contributed by atoms with Crippen LogP contribution in [0.3, 0.4) is 0 Å². The number of hydrogen-bond acceptors (Lipinski definition) is 3. The van der Waals surface area contributed by atoms with E-state index in [2.05, 4.69) is 22.4 Å². The van der Waals surface area contributed by atoms with Crippen molar-refractivity contribution in [3.63, 3.8) is 0 Å². The van der Waals surface area contributed by atoms with Crippen molar-refractivity contribution in [1.29, 1.82) is 0 Å². The van der Waals surface area contributed by atoms with Crippen LogP contribution in [0.5, 0.6) is 0 Å². The molecular formula is C14H20N4O2. The van der Waals surface area contributed by atoms with Crippen molar-refractivity contribution in [1.82, 2.24) is 14.8 Å². The molecule has 0 aliphatic heterocycles. The fourth-order valence-electron chi connectivity index (χ4n) is 2.01. The predicted octanol–water partition coefficient (Wildman–Crippen LogP) is 2.06. The van der Waals surface area contributed by atoms with Crippen LogP contribution < -0.4 is 5.32 Å². The molecule has 0 spiro atoms. The van der Waals surface area contributed by atoms with Gasteiger partial charge in [-0.3, -0.25) is 9.89 Å². The molecule has 2 rings (SSSR count). The predicted molar refractivity (Wildman–Crippen MR) is 76.8 cm³/mol. The zero-order valence-corrected chi connectivity index (χ0v) is 11.8. The molecule has 6 nitrogen and oxygen atoms in total. The minimum absolute atomic E-state index is 0.166. The number of methoxy groups -OCH3 is 1. The molecule has 20 heavy (non-hydrogen) atoms. The van der Waals surface area contributed by atoms with Crippen LogP contribution in [-0.2, 0) is 17.7 Å². The van der Waals surface area contributed by atoms with E-state index in [1.165, 1.54) is 0 Å². The highest BCUT2D eigenvalue weighted by Crippen LogP contribution is 2.10. The molecule has 2 N–H and O–H groups in total. The van der Waals surface area contributed by atoms with Gasteiger partial charge in [-0.25, -0.2) is 0 Å². The smallest absolute Gasteiger partial charge is 0.273 e. The van der Waals surface area contributed by atoms with E-state index in [0.717, 1.165) is 18.5 Å². The van der Waals surface area contributed by atoms with E-state index in [0.29, 0.717) is 24.7 Å². The van der Waals surface area contributed by atoms with Crippen molar-refractivity contribution in [2.45, 2.75) is 26.3 Å². The lowest BCUT2D eigenvalue weighted by atomic mass is 10.2. The molecule has 0 radical (unpaired) electrons. The number of ether oxygens (including phenoxy) is 1. The summed E-state index contributed by atoms with van der Waals surface area (Å²) in [4.78, 5) is 12.2. The van der Waals surface area contributed by atoms with Gasteiger partial charge in [-0.15, -0.1) is 0 Å². The molecule has 0 atom stereocenters. The van der Waals surface area contributed by atoms with Crippen LogP contribution in [0, 0.1) is 0 Å². The average molecular weight is 276 g/mol. The summed E-state index contributed by atoms with van der Waals surface area (Å²) < 4.78 is 6.89. The highest BCUT2D eigenvalue weighted by molar-refractivity contribution is 6.02. The summed E-state index contributed by atoms with van der Waals surface area (Å²) in [5, 5.41) is 9.80. The number of amides is 1. The Balaban J connectivity index is 2.02. The molecule has 0 aliphatic rings. The molecule has 0 fully saturated rings. The van der Waals surface area contributed by atoms with E-state index in [1.54, 1.807) is 13.2 Å². The molecule has 2 aromatic heterocycles. The third-order valence-corrected chi connectivity index (χ3v) is 2.99. The molecule has 0 aliphatic carbocycles. The second-order valence-electron chi connectivity index (χ2n) is 4.56. The lowest BCUT2D eigenvalue weighted by molar-refractivity contribution is 0.101. The Bertz CT molecular complexity index is 559. The molecule has 0 saturated heterocycles. The number of carbonyl (C=O) groups excluding carboxylic acids is 1. The van der Waals surface area contributed by atoms with Gasteiger partial charge in [-0.1, -0.05) is 13.3 Å². The Hall–Kier alpha value is -2.08. The van der Waals surface area contributed by atoms with Crippen LogP contribution in [-0.4, -0.2) is 34.4 Å². The third kappa shape index (κ3) is 3.48. The van der Waals surface area contributed by atoms with Gasteiger partial charge in [0, 0.05) is 31.6 Å². The maximum absolute atomic E-state index is 12.2. The maximum Gasteiger partial charge on any atom is 0.273 e. The van der Waals surface area contributed by atoms with E-state index in [4.69, 9.17) is 4.74 Å². The largest absolute Gasteiger partial charge is 0.383 e. The Morgan fingerprint density at radius 1 is 1.55 bits per heavy atom. The van der Waals surface area contributed by atoms with Crippen molar-refractivity contribution in [3.05, 3.63) is 35.8 Å². The van der Waals surface area contributed by atoms with Crippen LogP contribution in [0.25, 0.3) is 0 Å². The van der Waals surface area contributed by atoms with E-state index < -0.39 is 0 Å². The van der Waals surface area contributed by atoms with E-state index in [-0.39, 0.29) is 5.91 Å². The monoisotopic (exact) mass is 276 g/mol. The summed E-state index contributed by atoms with van der Waals surface area (Å²) in [6.07, 6.45) is 3.82. The summed E-state index contributed by atoms with van der Waals surface area (Å²) in [7, 11) is 1.64. The molecule has 1 amide bonds. The molecule has 0 bridgehead atoms. The summed E-state index contributed by atoms with van der Waals surface area (Å²) in [5.74, 6) is 0.388. The van der Waals surface area contributed by atoms with Gasteiger partial charge in [0.15, 0.2) is 5.82 Å². The van der Waals surface area contributed by atoms with Crippen molar-refractivity contribution >= 4 is 11.7 Å². The van der Waals surface area contributed by atoms with Gasteiger partial charge in [0.05, 0.1) is 6.61 Å². The first-order valence-electron chi connectivity index (χ1n) is 6.74. The van der Waals surface area contributed by atoms with Gasteiger partial charge in [0.25, 0.3) is 5.91 Å². The number of aryl methyl sites for hydroxylation is 1. The Morgan fingerprint density at radius 2 is 2.40 bits per heavy atom. The SMILES string of the molecule is CCCc1cc(NC(=O)c2cccn2CCOC)n[nH]1. The minimum atomic E-state index is -0.166. The Kier molecular flexibility index (Phi) is 4.95. The van der Waals surface area contributed by atoms with Crippen LogP contribution in [0.15, 0.2) is 24.4 Å². The number of hydrogen-bond donors (Lipinski definition) is 2. The number of aromatic amines is 1. The second kappa shape index (κ2) is 6.91. The average Bonchev–Trinajstić information content (AvgIpc) is 3.06. The van der Waals surface area contributed by atoms with Crippen molar-refractivity contribution in [2.24, 2.45) is 0 Å². The first kappa shape index (κ1) is 14.3. The van der Waals surface area contributed by atoms with Crippen LogP contribution in [0.2, 0.25) is 0 Å². The van der Waals surface area contributed by atoms with Crippen molar-refractivity contribution < 1.29 is 9.53 Å². The highest BCUT2D eigenvalue weighted by atomic mass is 16.5. The summed E-state index contributed by atoms with van der Waals surface area (Å²) >= 11 is 0. The molecule has 108 valence electrons. The van der Waals surface area contributed by atoms with Gasteiger partial charge in [0.1, 0.15) is 5.69 Å². The van der Waals surface area contributed by atoms with Crippen LogP contribution in [0.1, 0.15) is 29.5 Å². The molecule has 0 unspecified atom stereocenters. The topological polar surface area (TPSA) is 71.9 Å². The number of aromatic nitrogens is 3. The number of anilines is 1. The van der Waals surface area contributed by atoms with Crippen LogP contribution >= 0.6 is 0 Å². The molecular weight excluding hydrogens is 256 g/mol. The Labute approximate surface area is 118 Å². The summed E-state index contributed by atoms with van der Waals surface area (Å²) in [6.45, 7) is 3.31. The third-order valence-electron chi connectivity index (χ3n) is 2.99. The number of carbonyl (C=O) groups is 1. The number of nitrogens with zero attached hydrogens (tertiary/aromatic N) is 2. The van der Waals surface area contributed by atoms with Crippen molar-refractivity contribution in [3.8, 4) is 0 Å². The van der Waals surface area contributed by atoms with Crippen molar-refractivity contribution in [2.75, 3.05) is 19.0 Å². The molecule has 6 heteroatoms. The number of nitrogens with one attached hydrogen (secondary N) is 2. The maximum atomic E-state index is 12.2. The number of rotatable bonds is 7. The second-order valence-corrected chi connectivity index (χ2v) is 4.56. The standard InChI is InChI=1S/C14H20N4O2/c1-3-5-11-10-13(17-16-11)15-14(19)12-6-4-7-18(12)8-9-20-2/h4,6-7,10H,3,5,8-9H2,1-2H3,(H2,15,16,17,19). The molecule has 2 heterocycles. The fourth-order valence-corrected chi connectivity index (χ4v) is 2.01. The van der Waals surface area contributed by atoms with Gasteiger partial charge in [0.2, 0.25) is 0 Å². The van der Waals surface area contributed by atoms with Crippen LogP contribution in [0.4, 0.5) is 5.82 Å². The molecule has 2 aromatic rings. The van der Waals surface area contributed by atoms with Gasteiger partial charge < -0.3 is 14.6 Å². The quantitative estimate of drug-likeness (QED) is 0.813. The first-order chi connectivity index (χ1) is 9.74. The van der Waals surface area contributed by atoms with E-state index in [1.807, 2.05) is 22.9 Å².